The average Bonchev–Trinajstić information content (AvgIpc) is 2.79. The van der Waals surface area contributed by atoms with Gasteiger partial charge in [0.15, 0.2) is 0 Å². The molecule has 2 aromatic heterocycles. The van der Waals surface area contributed by atoms with Crippen LogP contribution in [0.4, 0.5) is 33.9 Å². The monoisotopic (exact) mass is 461 g/mol. The van der Waals surface area contributed by atoms with E-state index in [4.69, 9.17) is 0 Å². The van der Waals surface area contributed by atoms with Gasteiger partial charge in [-0.3, -0.25) is 10.3 Å². The van der Waals surface area contributed by atoms with Gasteiger partial charge in [-0.15, -0.1) is 0 Å². The molecule has 174 valence electrons. The van der Waals surface area contributed by atoms with E-state index in [1.807, 2.05) is 18.2 Å². The molecule has 0 spiro atoms. The molecule has 2 N–H and O–H groups in total. The van der Waals surface area contributed by atoms with Gasteiger partial charge < -0.3 is 10.2 Å². The number of carbonyl (C=O) groups is 1. The fourth-order valence-corrected chi connectivity index (χ4v) is 4.07. The topological polar surface area (TPSA) is 70.1 Å². The molecule has 1 aliphatic rings. The van der Waals surface area contributed by atoms with Crippen LogP contribution >= 0.6 is 0 Å². The molecule has 0 bridgehead atoms. The number of piperidine rings is 1. The normalized spacial score (nSPS) is 15.5. The van der Waals surface area contributed by atoms with Crippen LogP contribution in [-0.2, 0) is 6.18 Å². The minimum Gasteiger partial charge on any atom is -0.307 e. The largest absolute Gasteiger partial charge is 0.433 e. The third-order valence-corrected chi connectivity index (χ3v) is 5.75. The lowest BCUT2D eigenvalue weighted by molar-refractivity contribution is -0.141. The number of hydrogen-bond donors (Lipinski definition) is 2. The number of rotatable bonds is 5. The van der Waals surface area contributed by atoms with Gasteiger partial charge in [0, 0.05) is 18.1 Å². The molecule has 0 atom stereocenters. The summed E-state index contributed by atoms with van der Waals surface area (Å²) in [4.78, 5) is 22.4. The third kappa shape index (κ3) is 5.57. The van der Waals surface area contributed by atoms with Gasteiger partial charge in [0.1, 0.15) is 18.2 Å². The number of fused-ring (bicyclic) bond motifs is 1. The summed E-state index contributed by atoms with van der Waals surface area (Å²) in [5.74, 6) is 0.114. The van der Waals surface area contributed by atoms with Crippen molar-refractivity contribution in [2.24, 2.45) is 0 Å². The zero-order chi connectivity index (χ0) is 23.4. The molecular weight excluding hydrogens is 438 g/mol. The molecule has 0 radical (unpaired) electrons. The molecule has 2 amide bonds. The second kappa shape index (κ2) is 9.70. The van der Waals surface area contributed by atoms with Crippen molar-refractivity contribution in [2.45, 2.75) is 24.9 Å². The van der Waals surface area contributed by atoms with E-state index in [0.29, 0.717) is 23.7 Å². The van der Waals surface area contributed by atoms with Crippen LogP contribution in [0.25, 0.3) is 10.9 Å². The van der Waals surface area contributed by atoms with Gasteiger partial charge >= 0.3 is 12.2 Å². The SMILES string of the molecule is O=C(Nc1cccc(C(F)(F)F)n1)Nc1ccnc2ccc(C3CCN(CCF)CC3)cc12. The molecule has 1 aliphatic heterocycles. The van der Waals surface area contributed by atoms with E-state index < -0.39 is 17.9 Å². The number of likely N-dealkylation sites (tertiary alicyclic amines) is 1. The van der Waals surface area contributed by atoms with Crippen LogP contribution in [0.15, 0.2) is 48.7 Å². The average molecular weight is 461 g/mol. The van der Waals surface area contributed by atoms with Crippen LogP contribution in [-0.4, -0.2) is 47.2 Å². The van der Waals surface area contributed by atoms with Crippen molar-refractivity contribution in [2.75, 3.05) is 36.9 Å². The van der Waals surface area contributed by atoms with Crippen LogP contribution in [0, 0.1) is 0 Å². The maximum absolute atomic E-state index is 12.9. The predicted molar refractivity (Wildman–Crippen MR) is 118 cm³/mol. The van der Waals surface area contributed by atoms with Gasteiger partial charge in [-0.05, 0) is 67.7 Å². The number of nitrogens with zero attached hydrogens (tertiary/aromatic N) is 3. The number of alkyl halides is 4. The van der Waals surface area contributed by atoms with Crippen LogP contribution in [0.3, 0.4) is 0 Å². The summed E-state index contributed by atoms with van der Waals surface area (Å²) in [5.41, 5.74) is 1.19. The van der Waals surface area contributed by atoms with Gasteiger partial charge in [-0.2, -0.15) is 13.2 Å². The van der Waals surface area contributed by atoms with Crippen LogP contribution in [0.1, 0.15) is 30.0 Å². The van der Waals surface area contributed by atoms with Crippen molar-refractivity contribution in [3.63, 3.8) is 0 Å². The van der Waals surface area contributed by atoms with Gasteiger partial charge in [0.25, 0.3) is 0 Å². The number of hydrogen-bond acceptors (Lipinski definition) is 4. The van der Waals surface area contributed by atoms with Crippen molar-refractivity contribution in [1.29, 1.82) is 0 Å². The first-order valence-electron chi connectivity index (χ1n) is 10.6. The van der Waals surface area contributed by atoms with E-state index in [1.165, 1.54) is 12.1 Å². The first kappa shape index (κ1) is 22.9. The molecule has 1 saturated heterocycles. The molecule has 3 heterocycles. The van der Waals surface area contributed by atoms with Crippen molar-refractivity contribution in [1.82, 2.24) is 14.9 Å². The Hall–Kier alpha value is -3.27. The van der Waals surface area contributed by atoms with Crippen molar-refractivity contribution >= 4 is 28.4 Å². The molecule has 0 saturated carbocycles. The number of benzene rings is 1. The van der Waals surface area contributed by atoms with Crippen molar-refractivity contribution in [3.8, 4) is 0 Å². The molecule has 10 heteroatoms. The standard InChI is InChI=1S/C23H23F4N5O/c24-9-13-32-11-7-15(8-12-32)16-4-5-18-17(14-16)19(6-10-28-18)29-22(33)31-21-3-1-2-20(30-21)23(25,26)27/h1-6,10,14-15H,7-9,11-13H2,(H2,28,29,30,31,33). The van der Waals surface area contributed by atoms with E-state index in [2.05, 4.69) is 25.5 Å². The van der Waals surface area contributed by atoms with Crippen molar-refractivity contribution in [3.05, 3.63) is 59.9 Å². The zero-order valence-corrected chi connectivity index (χ0v) is 17.7. The first-order chi connectivity index (χ1) is 15.8. The second-order valence-corrected chi connectivity index (χ2v) is 7.92. The Labute approximate surface area is 188 Å². The number of anilines is 2. The lowest BCUT2D eigenvalue weighted by atomic mass is 9.88. The highest BCUT2D eigenvalue weighted by atomic mass is 19.4. The first-order valence-corrected chi connectivity index (χ1v) is 10.6. The summed E-state index contributed by atoms with van der Waals surface area (Å²) < 4.78 is 51.2. The zero-order valence-electron chi connectivity index (χ0n) is 17.7. The fourth-order valence-electron chi connectivity index (χ4n) is 4.07. The number of carbonyl (C=O) groups excluding carboxylic acids is 1. The van der Waals surface area contributed by atoms with Crippen LogP contribution < -0.4 is 10.6 Å². The molecule has 3 aromatic rings. The Balaban J connectivity index is 1.50. The van der Waals surface area contributed by atoms with E-state index in [0.717, 1.165) is 42.9 Å². The molecular formula is C23H23F4N5O. The summed E-state index contributed by atoms with van der Waals surface area (Å²) in [6, 6.07) is 10.1. The molecule has 6 nitrogen and oxygen atoms in total. The Kier molecular flexibility index (Phi) is 6.73. The molecule has 33 heavy (non-hydrogen) atoms. The van der Waals surface area contributed by atoms with Crippen LogP contribution in [0.5, 0.6) is 0 Å². The minimum atomic E-state index is -4.60. The number of halogens is 4. The summed E-state index contributed by atoms with van der Waals surface area (Å²) >= 11 is 0. The number of nitrogens with one attached hydrogen (secondary N) is 2. The summed E-state index contributed by atoms with van der Waals surface area (Å²) in [6.45, 7) is 1.77. The highest BCUT2D eigenvalue weighted by Gasteiger charge is 2.32. The van der Waals surface area contributed by atoms with E-state index in [9.17, 15) is 22.4 Å². The summed E-state index contributed by atoms with van der Waals surface area (Å²) in [6.07, 6.45) is -1.23. The number of amides is 2. The Morgan fingerprint density at radius 3 is 2.61 bits per heavy atom. The van der Waals surface area contributed by atoms with Gasteiger partial charge in [-0.1, -0.05) is 12.1 Å². The smallest absolute Gasteiger partial charge is 0.307 e. The lowest BCUT2D eigenvalue weighted by Gasteiger charge is -2.31. The van der Waals surface area contributed by atoms with E-state index in [1.54, 1.807) is 12.3 Å². The maximum atomic E-state index is 12.9. The van der Waals surface area contributed by atoms with Crippen molar-refractivity contribution < 1.29 is 22.4 Å². The maximum Gasteiger partial charge on any atom is 0.433 e. The summed E-state index contributed by atoms with van der Waals surface area (Å²) in [5, 5.41) is 5.76. The number of urea groups is 1. The van der Waals surface area contributed by atoms with Gasteiger partial charge in [-0.25, -0.2) is 14.2 Å². The highest BCUT2D eigenvalue weighted by Crippen LogP contribution is 2.32. The van der Waals surface area contributed by atoms with E-state index in [-0.39, 0.29) is 12.5 Å². The minimum absolute atomic E-state index is 0.207. The Bertz CT molecular complexity index is 1130. The van der Waals surface area contributed by atoms with Gasteiger partial charge in [0.2, 0.25) is 0 Å². The second-order valence-electron chi connectivity index (χ2n) is 7.92. The number of aromatic nitrogens is 2. The fraction of sp³-hybridized carbons (Fsp3) is 0.348. The molecule has 0 aliphatic carbocycles. The van der Waals surface area contributed by atoms with Gasteiger partial charge in [0.05, 0.1) is 11.2 Å². The third-order valence-electron chi connectivity index (χ3n) is 5.75. The molecule has 1 fully saturated rings. The quantitative estimate of drug-likeness (QED) is 0.497. The molecule has 4 rings (SSSR count). The number of pyridine rings is 2. The van der Waals surface area contributed by atoms with Crippen LogP contribution in [0.2, 0.25) is 0 Å². The highest BCUT2D eigenvalue weighted by molar-refractivity contribution is 6.05. The molecule has 1 aromatic carbocycles. The Morgan fingerprint density at radius 2 is 1.88 bits per heavy atom. The summed E-state index contributed by atoms with van der Waals surface area (Å²) in [7, 11) is 0. The van der Waals surface area contributed by atoms with E-state index >= 15 is 0 Å². The predicted octanol–water partition coefficient (Wildman–Crippen LogP) is 5.44. The Morgan fingerprint density at radius 1 is 1.09 bits per heavy atom. The molecule has 0 unspecified atom stereocenters. The lowest BCUT2D eigenvalue weighted by Crippen LogP contribution is -2.34.